The molecule has 3 heteroatoms. The zero-order chi connectivity index (χ0) is 12.3. The predicted molar refractivity (Wildman–Crippen MR) is 71.4 cm³/mol. The molecule has 3 N–H and O–H groups in total. The number of fused-ring (bicyclic) bond motifs is 1. The second-order valence-corrected chi connectivity index (χ2v) is 4.58. The summed E-state index contributed by atoms with van der Waals surface area (Å²) in [6, 6.07) is 6.18. The van der Waals surface area contributed by atoms with Crippen LogP contribution in [0.3, 0.4) is 0 Å². The summed E-state index contributed by atoms with van der Waals surface area (Å²) in [5.41, 5.74) is 8.03. The van der Waals surface area contributed by atoms with Gasteiger partial charge >= 0.3 is 0 Å². The van der Waals surface area contributed by atoms with Gasteiger partial charge in [-0.15, -0.1) is 0 Å². The van der Waals surface area contributed by atoms with Crippen LogP contribution in [-0.4, -0.2) is 17.6 Å². The number of nitrogens with one attached hydrogen (secondary N) is 1. The maximum absolute atomic E-state index is 5.71. The van der Waals surface area contributed by atoms with Crippen molar-refractivity contribution in [2.24, 2.45) is 5.73 Å². The van der Waals surface area contributed by atoms with Gasteiger partial charge in [-0.25, -0.2) is 0 Å². The number of hydrogen-bond donors (Lipinski definition) is 2. The first-order chi connectivity index (χ1) is 8.20. The zero-order valence-electron chi connectivity index (χ0n) is 10.5. The van der Waals surface area contributed by atoms with Crippen LogP contribution in [-0.2, 0) is 6.42 Å². The number of aromatic nitrogens is 1. The molecule has 2 rings (SSSR count). The molecule has 0 unspecified atom stereocenters. The van der Waals surface area contributed by atoms with Crippen LogP contribution in [0.15, 0.2) is 24.4 Å². The fourth-order valence-electron chi connectivity index (χ4n) is 2.00. The summed E-state index contributed by atoms with van der Waals surface area (Å²) in [5, 5.41) is 1.25. The van der Waals surface area contributed by atoms with E-state index in [1.165, 1.54) is 10.9 Å². The number of rotatable bonds is 5. The molecule has 3 nitrogen and oxygen atoms in total. The maximum atomic E-state index is 5.71. The number of ether oxygens (including phenoxy) is 1. The van der Waals surface area contributed by atoms with Crippen LogP contribution in [0, 0.1) is 0 Å². The molecule has 0 bridgehead atoms. The average Bonchev–Trinajstić information content (AvgIpc) is 2.68. The largest absolute Gasteiger partial charge is 0.491 e. The number of nitrogens with two attached hydrogens (primary N) is 1. The lowest BCUT2D eigenvalue weighted by atomic mass is 10.1. The smallest absolute Gasteiger partial charge is 0.120 e. The summed E-state index contributed by atoms with van der Waals surface area (Å²) in [7, 11) is 0. The van der Waals surface area contributed by atoms with Crippen LogP contribution >= 0.6 is 0 Å². The molecule has 17 heavy (non-hydrogen) atoms. The van der Waals surface area contributed by atoms with Gasteiger partial charge < -0.3 is 15.5 Å². The zero-order valence-corrected chi connectivity index (χ0v) is 10.5. The molecule has 2 aromatic rings. The van der Waals surface area contributed by atoms with Crippen molar-refractivity contribution in [3.8, 4) is 5.75 Å². The van der Waals surface area contributed by atoms with Crippen LogP contribution in [0.4, 0.5) is 0 Å². The molecule has 0 fully saturated rings. The molecule has 1 aromatic heterocycles. The van der Waals surface area contributed by atoms with Crippen LogP contribution in [0.25, 0.3) is 10.9 Å². The van der Waals surface area contributed by atoms with Gasteiger partial charge in [-0.1, -0.05) is 0 Å². The van der Waals surface area contributed by atoms with Gasteiger partial charge in [0.05, 0.1) is 6.10 Å². The quantitative estimate of drug-likeness (QED) is 0.832. The number of benzene rings is 1. The molecular formula is C14H20N2O. The van der Waals surface area contributed by atoms with Crippen molar-refractivity contribution >= 4 is 10.9 Å². The third-order valence-electron chi connectivity index (χ3n) is 2.76. The molecule has 0 saturated heterocycles. The fraction of sp³-hybridized carbons (Fsp3) is 0.429. The Hall–Kier alpha value is -1.48. The number of aryl methyl sites for hydroxylation is 1. The summed E-state index contributed by atoms with van der Waals surface area (Å²) >= 11 is 0. The molecule has 0 spiro atoms. The Morgan fingerprint density at radius 2 is 2.18 bits per heavy atom. The highest BCUT2D eigenvalue weighted by atomic mass is 16.5. The van der Waals surface area contributed by atoms with Gasteiger partial charge in [0.2, 0.25) is 0 Å². The predicted octanol–water partition coefficient (Wildman–Crippen LogP) is 2.85. The SMILES string of the molecule is CC(C)Oc1ccc2[nH]cc(CCCN)c2c1. The minimum Gasteiger partial charge on any atom is -0.491 e. The highest BCUT2D eigenvalue weighted by Gasteiger charge is 2.05. The Balaban J connectivity index is 2.29. The van der Waals surface area contributed by atoms with Crippen molar-refractivity contribution < 1.29 is 4.74 Å². The summed E-state index contributed by atoms with van der Waals surface area (Å²) < 4.78 is 5.71. The Morgan fingerprint density at radius 3 is 2.88 bits per heavy atom. The molecule has 0 aliphatic rings. The molecule has 0 aliphatic carbocycles. The van der Waals surface area contributed by atoms with E-state index < -0.39 is 0 Å². The molecule has 0 amide bonds. The first kappa shape index (κ1) is 12.0. The lowest BCUT2D eigenvalue weighted by Gasteiger charge is -2.09. The van der Waals surface area contributed by atoms with Gasteiger partial charge in [0.1, 0.15) is 5.75 Å². The molecule has 0 saturated carbocycles. The first-order valence-corrected chi connectivity index (χ1v) is 6.17. The topological polar surface area (TPSA) is 51.0 Å². The van der Waals surface area contributed by atoms with E-state index in [1.54, 1.807) is 0 Å². The normalized spacial score (nSPS) is 11.3. The monoisotopic (exact) mass is 232 g/mol. The van der Waals surface area contributed by atoms with E-state index in [1.807, 2.05) is 19.9 Å². The van der Waals surface area contributed by atoms with Crippen LogP contribution in [0.2, 0.25) is 0 Å². The summed E-state index contributed by atoms with van der Waals surface area (Å²) in [5.74, 6) is 0.932. The highest BCUT2D eigenvalue weighted by molar-refractivity contribution is 5.84. The molecule has 1 heterocycles. The minimum atomic E-state index is 0.207. The van der Waals surface area contributed by atoms with E-state index in [2.05, 4.69) is 23.3 Å². The van der Waals surface area contributed by atoms with E-state index in [0.717, 1.165) is 30.7 Å². The molecular weight excluding hydrogens is 212 g/mol. The van der Waals surface area contributed by atoms with Gasteiger partial charge in [0.25, 0.3) is 0 Å². The Bertz CT molecular complexity index is 488. The van der Waals surface area contributed by atoms with E-state index in [0.29, 0.717) is 0 Å². The molecule has 0 radical (unpaired) electrons. The second kappa shape index (κ2) is 5.23. The Morgan fingerprint density at radius 1 is 1.35 bits per heavy atom. The average molecular weight is 232 g/mol. The Kier molecular flexibility index (Phi) is 3.69. The molecule has 0 aliphatic heterocycles. The lowest BCUT2D eigenvalue weighted by Crippen LogP contribution is -2.05. The summed E-state index contributed by atoms with van der Waals surface area (Å²) in [4.78, 5) is 3.28. The second-order valence-electron chi connectivity index (χ2n) is 4.58. The van der Waals surface area contributed by atoms with Crippen molar-refractivity contribution in [1.29, 1.82) is 0 Å². The number of H-pyrrole nitrogens is 1. The highest BCUT2D eigenvalue weighted by Crippen LogP contribution is 2.25. The van der Waals surface area contributed by atoms with Crippen molar-refractivity contribution in [2.75, 3.05) is 6.54 Å². The molecule has 1 aromatic carbocycles. The third-order valence-corrected chi connectivity index (χ3v) is 2.76. The van der Waals surface area contributed by atoms with Gasteiger partial charge in [-0.3, -0.25) is 0 Å². The van der Waals surface area contributed by atoms with Crippen molar-refractivity contribution in [3.63, 3.8) is 0 Å². The van der Waals surface area contributed by atoms with Crippen molar-refractivity contribution in [1.82, 2.24) is 4.98 Å². The molecule has 0 atom stereocenters. The number of aromatic amines is 1. The van der Waals surface area contributed by atoms with Gasteiger partial charge in [-0.05, 0) is 57.0 Å². The van der Waals surface area contributed by atoms with E-state index in [-0.39, 0.29) is 6.10 Å². The van der Waals surface area contributed by atoms with Crippen molar-refractivity contribution in [2.45, 2.75) is 32.8 Å². The van der Waals surface area contributed by atoms with Crippen LogP contribution in [0.5, 0.6) is 5.75 Å². The van der Waals surface area contributed by atoms with Crippen LogP contribution in [0.1, 0.15) is 25.8 Å². The molecule has 92 valence electrons. The van der Waals surface area contributed by atoms with Gasteiger partial charge in [0, 0.05) is 17.1 Å². The fourth-order valence-corrected chi connectivity index (χ4v) is 2.00. The Labute approximate surface area is 102 Å². The lowest BCUT2D eigenvalue weighted by molar-refractivity contribution is 0.243. The van der Waals surface area contributed by atoms with E-state index in [9.17, 15) is 0 Å². The van der Waals surface area contributed by atoms with E-state index in [4.69, 9.17) is 10.5 Å². The summed E-state index contributed by atoms with van der Waals surface area (Å²) in [6.07, 6.45) is 4.31. The third kappa shape index (κ3) is 2.80. The van der Waals surface area contributed by atoms with E-state index >= 15 is 0 Å². The van der Waals surface area contributed by atoms with Gasteiger partial charge in [-0.2, -0.15) is 0 Å². The summed E-state index contributed by atoms with van der Waals surface area (Å²) in [6.45, 7) is 4.81. The minimum absolute atomic E-state index is 0.207. The van der Waals surface area contributed by atoms with Gasteiger partial charge in [0.15, 0.2) is 0 Å². The maximum Gasteiger partial charge on any atom is 0.120 e. The van der Waals surface area contributed by atoms with Crippen LogP contribution < -0.4 is 10.5 Å². The first-order valence-electron chi connectivity index (χ1n) is 6.17. The van der Waals surface area contributed by atoms with Crippen molar-refractivity contribution in [3.05, 3.63) is 30.0 Å². The standard InChI is InChI=1S/C14H20N2O/c1-10(2)17-12-5-6-14-13(8-12)11(9-16-14)4-3-7-15/h5-6,8-10,16H,3-4,7,15H2,1-2H3. The number of hydrogen-bond acceptors (Lipinski definition) is 2.